The van der Waals surface area contributed by atoms with Gasteiger partial charge in [-0.1, -0.05) is 74.5 Å². The van der Waals surface area contributed by atoms with E-state index < -0.39 is 10.8 Å². The summed E-state index contributed by atoms with van der Waals surface area (Å²) < 4.78 is 1.51. The summed E-state index contributed by atoms with van der Waals surface area (Å²) in [7, 11) is 0. The van der Waals surface area contributed by atoms with Gasteiger partial charge in [0.25, 0.3) is 11.6 Å². The number of rotatable bonds is 6. The van der Waals surface area contributed by atoms with Crippen molar-refractivity contribution in [2.24, 2.45) is 5.41 Å². The van der Waals surface area contributed by atoms with Gasteiger partial charge < -0.3 is 5.32 Å². The number of hydrogen-bond donors (Lipinski definition) is 1. The molecule has 0 bridgehead atoms. The molecule has 1 aliphatic carbocycles. The molecule has 5 rings (SSSR count). The molecule has 1 heterocycles. The molecule has 8 heteroatoms. The van der Waals surface area contributed by atoms with Crippen LogP contribution in [0.2, 0.25) is 0 Å². The average Bonchev–Trinajstić information content (AvgIpc) is 3.26. The molecule has 0 radical (unpaired) electrons. The van der Waals surface area contributed by atoms with E-state index in [1.807, 2.05) is 74.5 Å². The monoisotopic (exact) mass is 494 g/mol. The molecule has 0 aliphatic heterocycles. The molecule has 3 aromatic carbocycles. The largest absolute Gasteiger partial charge is 0.348 e. The van der Waals surface area contributed by atoms with Gasteiger partial charge in [-0.2, -0.15) is 5.10 Å². The second kappa shape index (κ2) is 9.46. The second-order valence-electron chi connectivity index (χ2n) is 10.0. The zero-order chi connectivity index (χ0) is 26.2. The number of carbonyl (C=O) groups is 2. The van der Waals surface area contributed by atoms with Crippen molar-refractivity contribution in [2.75, 3.05) is 0 Å². The van der Waals surface area contributed by atoms with Gasteiger partial charge >= 0.3 is 0 Å². The molecule has 0 saturated carbocycles. The predicted molar refractivity (Wildman–Crippen MR) is 140 cm³/mol. The highest BCUT2D eigenvalue weighted by Gasteiger charge is 2.38. The first kappa shape index (κ1) is 24.1. The first-order chi connectivity index (χ1) is 17.7. The average molecular weight is 495 g/mol. The number of ketones is 1. The van der Waals surface area contributed by atoms with Crippen molar-refractivity contribution in [3.05, 3.63) is 111 Å². The number of Topliss-reactive ketones (excluding diaryl/α,β-unsaturated/α-hetero) is 1. The van der Waals surface area contributed by atoms with Gasteiger partial charge in [-0.15, -0.1) is 0 Å². The van der Waals surface area contributed by atoms with Crippen LogP contribution in [0.4, 0.5) is 5.69 Å². The summed E-state index contributed by atoms with van der Waals surface area (Å²) in [6.07, 6.45) is 0.901. The lowest BCUT2D eigenvalue weighted by molar-refractivity contribution is -0.384. The van der Waals surface area contributed by atoms with Gasteiger partial charge in [-0.25, -0.2) is 4.68 Å². The van der Waals surface area contributed by atoms with Crippen LogP contribution in [0, 0.1) is 15.5 Å². The Hall–Kier alpha value is -4.59. The highest BCUT2D eigenvalue weighted by Crippen LogP contribution is 2.41. The van der Waals surface area contributed by atoms with E-state index in [1.54, 1.807) is 6.07 Å². The number of amides is 1. The van der Waals surface area contributed by atoms with Gasteiger partial charge in [-0.3, -0.25) is 19.7 Å². The maximum Gasteiger partial charge on any atom is 0.295 e. The van der Waals surface area contributed by atoms with Gasteiger partial charge in [0, 0.05) is 30.2 Å². The molecule has 1 aromatic heterocycles. The molecule has 0 spiro atoms. The standard InChI is InChI=1S/C29H26N4O4/c1-29(2)16-24-26(25(34)17-29)27(20-11-7-4-8-12-20)31-32(24)22-14-13-21(15-23(22)33(36)37)28(35)30-18-19-9-5-3-6-10-19/h3-15H,16-18H2,1-2H3,(H,30,35). The first-order valence-electron chi connectivity index (χ1n) is 12.0. The quantitative estimate of drug-likeness (QED) is 0.280. The minimum absolute atomic E-state index is 0.0316. The molecule has 8 nitrogen and oxygen atoms in total. The molecule has 186 valence electrons. The van der Waals surface area contributed by atoms with Gasteiger partial charge in [0.15, 0.2) is 5.78 Å². The van der Waals surface area contributed by atoms with E-state index in [-0.39, 0.29) is 28.1 Å². The van der Waals surface area contributed by atoms with Crippen LogP contribution in [0.1, 0.15) is 52.2 Å². The summed E-state index contributed by atoms with van der Waals surface area (Å²) >= 11 is 0. The van der Waals surface area contributed by atoms with E-state index in [0.29, 0.717) is 36.3 Å². The van der Waals surface area contributed by atoms with Gasteiger partial charge in [0.05, 0.1) is 16.2 Å². The molecule has 0 atom stereocenters. The van der Waals surface area contributed by atoms with Crippen molar-refractivity contribution in [2.45, 2.75) is 33.2 Å². The zero-order valence-electron chi connectivity index (χ0n) is 20.6. The molecular weight excluding hydrogens is 468 g/mol. The van der Waals surface area contributed by atoms with Crippen LogP contribution in [-0.2, 0) is 13.0 Å². The molecular formula is C29H26N4O4. The van der Waals surface area contributed by atoms with Crippen LogP contribution in [0.3, 0.4) is 0 Å². The number of hydrogen-bond acceptors (Lipinski definition) is 5. The zero-order valence-corrected chi connectivity index (χ0v) is 20.6. The van der Waals surface area contributed by atoms with Crippen molar-refractivity contribution in [3.8, 4) is 16.9 Å². The maximum atomic E-state index is 13.3. The summed E-state index contributed by atoms with van der Waals surface area (Å²) in [5.74, 6) is -0.446. The Morgan fingerprint density at radius 2 is 1.70 bits per heavy atom. The van der Waals surface area contributed by atoms with Crippen LogP contribution in [0.5, 0.6) is 0 Å². The fraction of sp³-hybridized carbons (Fsp3) is 0.207. The number of carbonyl (C=O) groups excluding carboxylic acids is 2. The third-order valence-electron chi connectivity index (χ3n) is 6.55. The number of fused-ring (bicyclic) bond motifs is 1. The van der Waals surface area contributed by atoms with E-state index in [1.165, 1.54) is 16.8 Å². The molecule has 1 amide bonds. The van der Waals surface area contributed by atoms with Gasteiger partial charge in [0.1, 0.15) is 11.4 Å². The third kappa shape index (κ3) is 4.78. The highest BCUT2D eigenvalue weighted by atomic mass is 16.6. The van der Waals surface area contributed by atoms with Crippen molar-refractivity contribution >= 4 is 17.4 Å². The van der Waals surface area contributed by atoms with E-state index in [9.17, 15) is 19.7 Å². The Bertz CT molecular complexity index is 1510. The number of nitro benzene ring substituents is 1. The van der Waals surface area contributed by atoms with Crippen molar-refractivity contribution in [1.82, 2.24) is 15.1 Å². The number of benzene rings is 3. The lowest BCUT2D eigenvalue weighted by Crippen LogP contribution is -2.28. The van der Waals surface area contributed by atoms with Crippen molar-refractivity contribution < 1.29 is 14.5 Å². The van der Waals surface area contributed by atoms with E-state index >= 15 is 0 Å². The summed E-state index contributed by atoms with van der Waals surface area (Å²) in [5.41, 5.74) is 3.16. The topological polar surface area (TPSA) is 107 Å². The Labute approximate surface area is 214 Å². The molecule has 1 N–H and O–H groups in total. The minimum atomic E-state index is -0.518. The van der Waals surface area contributed by atoms with E-state index in [2.05, 4.69) is 5.32 Å². The predicted octanol–water partition coefficient (Wildman–Crippen LogP) is 5.53. The summed E-state index contributed by atoms with van der Waals surface area (Å²) in [5, 5.41) is 19.7. The molecule has 0 saturated heterocycles. The summed E-state index contributed by atoms with van der Waals surface area (Å²) in [4.78, 5) is 37.7. The lowest BCUT2D eigenvalue weighted by Gasteiger charge is -2.29. The molecule has 1 aliphatic rings. The van der Waals surface area contributed by atoms with E-state index in [0.717, 1.165) is 11.1 Å². The van der Waals surface area contributed by atoms with Crippen molar-refractivity contribution in [3.63, 3.8) is 0 Å². The fourth-order valence-corrected chi connectivity index (χ4v) is 4.82. The van der Waals surface area contributed by atoms with E-state index in [4.69, 9.17) is 5.10 Å². The van der Waals surface area contributed by atoms with Gasteiger partial charge in [0.2, 0.25) is 0 Å². The Morgan fingerprint density at radius 3 is 2.38 bits per heavy atom. The number of nitrogens with one attached hydrogen (secondary N) is 1. The van der Waals surface area contributed by atoms with Gasteiger partial charge in [-0.05, 0) is 29.5 Å². The summed E-state index contributed by atoms with van der Waals surface area (Å²) in [6, 6.07) is 23.1. The van der Waals surface area contributed by atoms with Crippen LogP contribution >= 0.6 is 0 Å². The number of aromatic nitrogens is 2. The van der Waals surface area contributed by atoms with Crippen LogP contribution in [0.15, 0.2) is 78.9 Å². The van der Waals surface area contributed by atoms with Crippen LogP contribution in [0.25, 0.3) is 16.9 Å². The lowest BCUT2D eigenvalue weighted by atomic mass is 9.75. The minimum Gasteiger partial charge on any atom is -0.348 e. The highest BCUT2D eigenvalue weighted by molar-refractivity contribution is 6.04. The smallest absolute Gasteiger partial charge is 0.295 e. The van der Waals surface area contributed by atoms with Crippen molar-refractivity contribution in [1.29, 1.82) is 0 Å². The van der Waals surface area contributed by atoms with Crippen LogP contribution < -0.4 is 5.32 Å². The third-order valence-corrected chi connectivity index (χ3v) is 6.55. The summed E-state index contributed by atoms with van der Waals surface area (Å²) in [6.45, 7) is 4.31. The second-order valence-corrected chi connectivity index (χ2v) is 10.0. The normalized spacial score (nSPS) is 14.2. The molecule has 0 fully saturated rings. The molecule has 0 unspecified atom stereocenters. The fourth-order valence-electron chi connectivity index (χ4n) is 4.82. The van der Waals surface area contributed by atoms with Crippen LogP contribution in [-0.4, -0.2) is 26.4 Å². The number of nitrogens with zero attached hydrogens (tertiary/aromatic N) is 3. The Kier molecular flexibility index (Phi) is 6.17. The molecule has 37 heavy (non-hydrogen) atoms. The maximum absolute atomic E-state index is 13.3. The SMILES string of the molecule is CC1(C)CC(=O)c2c(-c3ccccc3)nn(-c3ccc(C(=O)NCc4ccccc4)cc3[N+](=O)[O-])c2C1. The number of nitro groups is 1. The molecule has 4 aromatic rings. The first-order valence-corrected chi connectivity index (χ1v) is 12.0. The Morgan fingerprint density at radius 1 is 1.03 bits per heavy atom. The Balaban J connectivity index is 1.58.